The monoisotopic (exact) mass is 275 g/mol. The van der Waals surface area contributed by atoms with Crippen molar-refractivity contribution in [2.24, 2.45) is 0 Å². The summed E-state index contributed by atoms with van der Waals surface area (Å²) in [4.78, 5) is 24.9. The topological polar surface area (TPSA) is 68.9 Å². The van der Waals surface area contributed by atoms with E-state index < -0.39 is 5.63 Å². The molecule has 21 heavy (non-hydrogen) atoms. The van der Waals surface area contributed by atoms with Gasteiger partial charge in [0.25, 0.3) is 5.89 Å². The molecular formula is C16H9N3O2. The van der Waals surface area contributed by atoms with Gasteiger partial charge in [-0.3, -0.25) is 0 Å². The summed E-state index contributed by atoms with van der Waals surface area (Å²) in [5.41, 5.74) is 0.910. The Morgan fingerprint density at radius 3 is 2.52 bits per heavy atom. The van der Waals surface area contributed by atoms with Crippen molar-refractivity contribution in [3.8, 4) is 11.7 Å². The van der Waals surface area contributed by atoms with E-state index in [1.807, 2.05) is 30.3 Å². The van der Waals surface area contributed by atoms with Gasteiger partial charge in [0.05, 0.1) is 16.4 Å². The van der Waals surface area contributed by atoms with E-state index in [9.17, 15) is 4.79 Å². The summed E-state index contributed by atoms with van der Waals surface area (Å²) in [7, 11) is 0. The first-order valence-electron chi connectivity index (χ1n) is 6.43. The Labute approximate surface area is 118 Å². The normalized spacial score (nSPS) is 11.0. The first kappa shape index (κ1) is 11.7. The summed E-state index contributed by atoms with van der Waals surface area (Å²) in [6.07, 6.45) is 1.69. The van der Waals surface area contributed by atoms with E-state index in [1.165, 1.54) is 0 Å². The molecular weight excluding hydrogens is 266 g/mol. The maximum absolute atomic E-state index is 12.0. The molecule has 0 bridgehead atoms. The first-order valence-corrected chi connectivity index (χ1v) is 6.43. The quantitative estimate of drug-likeness (QED) is 0.534. The van der Waals surface area contributed by atoms with Crippen molar-refractivity contribution >= 4 is 21.8 Å². The predicted molar refractivity (Wildman–Crippen MR) is 78.8 cm³/mol. The fourth-order valence-corrected chi connectivity index (χ4v) is 2.19. The van der Waals surface area contributed by atoms with Gasteiger partial charge in [-0.2, -0.15) is 0 Å². The minimum atomic E-state index is -0.438. The Kier molecular flexibility index (Phi) is 2.50. The lowest BCUT2D eigenvalue weighted by Gasteiger charge is -2.01. The van der Waals surface area contributed by atoms with Crippen molar-refractivity contribution in [3.63, 3.8) is 0 Å². The highest BCUT2D eigenvalue weighted by atomic mass is 16.4. The molecule has 0 fully saturated rings. The average molecular weight is 275 g/mol. The zero-order chi connectivity index (χ0) is 14.2. The maximum atomic E-state index is 12.0. The number of hydrogen-bond acceptors (Lipinski definition) is 5. The third-order valence-corrected chi connectivity index (χ3v) is 3.22. The average Bonchev–Trinajstić information content (AvgIpc) is 2.54. The molecule has 0 unspecified atom stereocenters. The van der Waals surface area contributed by atoms with E-state index in [-0.39, 0.29) is 5.89 Å². The number of benzene rings is 2. The molecule has 2 heterocycles. The molecule has 0 aliphatic carbocycles. The van der Waals surface area contributed by atoms with Gasteiger partial charge in [-0.25, -0.2) is 19.7 Å². The second-order valence-electron chi connectivity index (χ2n) is 4.58. The lowest BCUT2D eigenvalue weighted by Crippen LogP contribution is -2.04. The molecule has 0 radical (unpaired) electrons. The summed E-state index contributed by atoms with van der Waals surface area (Å²) in [6, 6.07) is 14.6. The SMILES string of the molecule is O=c1oc(-c2ncc3ccccc3n2)nc2ccccc12. The number of para-hydroxylation sites is 2. The van der Waals surface area contributed by atoms with Gasteiger partial charge in [0, 0.05) is 11.6 Å². The Morgan fingerprint density at radius 1 is 0.857 bits per heavy atom. The molecule has 0 amide bonds. The molecule has 0 saturated carbocycles. The van der Waals surface area contributed by atoms with Crippen molar-refractivity contribution < 1.29 is 4.42 Å². The Hall–Kier alpha value is -3.08. The Balaban J connectivity index is 1.97. The highest BCUT2D eigenvalue weighted by Gasteiger charge is 2.11. The standard InChI is InChI=1S/C16H9N3O2/c20-16-11-6-2-4-8-13(11)19-15(21-16)14-17-9-10-5-1-3-7-12(10)18-14/h1-9H. The molecule has 0 atom stereocenters. The molecule has 2 aromatic heterocycles. The number of fused-ring (bicyclic) bond motifs is 2. The van der Waals surface area contributed by atoms with Crippen molar-refractivity contribution in [3.05, 3.63) is 65.1 Å². The van der Waals surface area contributed by atoms with E-state index >= 15 is 0 Å². The Bertz CT molecular complexity index is 1020. The second-order valence-corrected chi connectivity index (χ2v) is 4.58. The van der Waals surface area contributed by atoms with Gasteiger partial charge in [-0.1, -0.05) is 30.3 Å². The van der Waals surface area contributed by atoms with Gasteiger partial charge in [-0.05, 0) is 18.2 Å². The Morgan fingerprint density at radius 2 is 1.62 bits per heavy atom. The van der Waals surface area contributed by atoms with Gasteiger partial charge in [-0.15, -0.1) is 0 Å². The molecule has 100 valence electrons. The highest BCUT2D eigenvalue weighted by Crippen LogP contribution is 2.17. The molecule has 0 aliphatic rings. The van der Waals surface area contributed by atoms with Gasteiger partial charge < -0.3 is 4.42 Å². The van der Waals surface area contributed by atoms with Crippen LogP contribution in [0.3, 0.4) is 0 Å². The minimum Gasteiger partial charge on any atom is -0.400 e. The molecule has 0 spiro atoms. The van der Waals surface area contributed by atoms with Crippen molar-refractivity contribution in [1.29, 1.82) is 0 Å². The van der Waals surface area contributed by atoms with Crippen LogP contribution in [0.1, 0.15) is 0 Å². The predicted octanol–water partition coefficient (Wildman–Crippen LogP) is 2.80. The molecule has 5 nitrogen and oxygen atoms in total. The van der Waals surface area contributed by atoms with Crippen molar-refractivity contribution in [2.45, 2.75) is 0 Å². The zero-order valence-corrected chi connectivity index (χ0v) is 10.9. The number of aromatic nitrogens is 3. The van der Waals surface area contributed by atoms with Gasteiger partial charge >= 0.3 is 5.63 Å². The van der Waals surface area contributed by atoms with Crippen LogP contribution in [-0.4, -0.2) is 15.0 Å². The van der Waals surface area contributed by atoms with E-state index in [0.29, 0.717) is 16.7 Å². The van der Waals surface area contributed by atoms with E-state index in [2.05, 4.69) is 15.0 Å². The fourth-order valence-electron chi connectivity index (χ4n) is 2.19. The summed E-state index contributed by atoms with van der Waals surface area (Å²) in [5.74, 6) is 0.431. The van der Waals surface area contributed by atoms with E-state index in [1.54, 1.807) is 24.4 Å². The van der Waals surface area contributed by atoms with Crippen LogP contribution in [0.2, 0.25) is 0 Å². The fraction of sp³-hybridized carbons (Fsp3) is 0. The van der Waals surface area contributed by atoms with Crippen LogP contribution >= 0.6 is 0 Å². The molecule has 0 saturated heterocycles. The molecule has 0 aliphatic heterocycles. The number of rotatable bonds is 1. The van der Waals surface area contributed by atoms with Crippen LogP contribution in [0.25, 0.3) is 33.5 Å². The van der Waals surface area contributed by atoms with E-state index in [4.69, 9.17) is 4.42 Å². The molecule has 4 rings (SSSR count). The summed E-state index contributed by atoms with van der Waals surface area (Å²) < 4.78 is 5.23. The van der Waals surface area contributed by atoms with Crippen LogP contribution < -0.4 is 5.63 Å². The summed E-state index contributed by atoms with van der Waals surface area (Å²) in [6.45, 7) is 0. The van der Waals surface area contributed by atoms with Gasteiger partial charge in [0.15, 0.2) is 0 Å². The molecule has 4 aromatic rings. The van der Waals surface area contributed by atoms with Crippen molar-refractivity contribution in [2.75, 3.05) is 0 Å². The van der Waals surface area contributed by atoms with Crippen LogP contribution in [0.15, 0.2) is 63.9 Å². The summed E-state index contributed by atoms with van der Waals surface area (Å²) in [5, 5.41) is 1.37. The number of hydrogen-bond donors (Lipinski definition) is 0. The van der Waals surface area contributed by atoms with E-state index in [0.717, 1.165) is 10.9 Å². The van der Waals surface area contributed by atoms with Crippen LogP contribution in [0.5, 0.6) is 0 Å². The lowest BCUT2D eigenvalue weighted by molar-refractivity contribution is 0.514. The first-order chi connectivity index (χ1) is 10.3. The smallest absolute Gasteiger partial charge is 0.347 e. The molecule has 5 heteroatoms. The van der Waals surface area contributed by atoms with Crippen LogP contribution in [0, 0.1) is 0 Å². The van der Waals surface area contributed by atoms with Gasteiger partial charge in [0.2, 0.25) is 5.82 Å². The van der Waals surface area contributed by atoms with Crippen LogP contribution in [0.4, 0.5) is 0 Å². The summed E-state index contributed by atoms with van der Waals surface area (Å²) >= 11 is 0. The third kappa shape index (κ3) is 1.95. The third-order valence-electron chi connectivity index (χ3n) is 3.22. The minimum absolute atomic E-state index is 0.129. The molecule has 0 N–H and O–H groups in total. The van der Waals surface area contributed by atoms with Crippen LogP contribution in [-0.2, 0) is 0 Å². The highest BCUT2D eigenvalue weighted by molar-refractivity contribution is 5.80. The lowest BCUT2D eigenvalue weighted by atomic mass is 10.2. The second kappa shape index (κ2) is 4.49. The molecule has 2 aromatic carbocycles. The largest absolute Gasteiger partial charge is 0.400 e. The zero-order valence-electron chi connectivity index (χ0n) is 10.9. The number of nitrogens with zero attached hydrogens (tertiary/aromatic N) is 3. The maximum Gasteiger partial charge on any atom is 0.347 e. The van der Waals surface area contributed by atoms with Crippen molar-refractivity contribution in [1.82, 2.24) is 15.0 Å². The van der Waals surface area contributed by atoms with Gasteiger partial charge in [0.1, 0.15) is 0 Å².